The van der Waals surface area contributed by atoms with E-state index < -0.39 is 0 Å². The van der Waals surface area contributed by atoms with Crippen molar-refractivity contribution in [2.75, 3.05) is 13.4 Å². The number of esters is 1. The van der Waals surface area contributed by atoms with E-state index in [2.05, 4.69) is 5.10 Å². The molecule has 0 amide bonds. The van der Waals surface area contributed by atoms with Crippen molar-refractivity contribution in [3.05, 3.63) is 47.3 Å². The molecule has 0 spiro atoms. The van der Waals surface area contributed by atoms with Crippen LogP contribution in [0.25, 0.3) is 0 Å². The van der Waals surface area contributed by atoms with Crippen molar-refractivity contribution in [2.24, 2.45) is 0 Å². The topological polar surface area (TPSA) is 44.1 Å². The molecule has 0 N–H and O–H groups in total. The summed E-state index contributed by atoms with van der Waals surface area (Å²) >= 11 is 1.65. The first-order chi connectivity index (χ1) is 9.15. The van der Waals surface area contributed by atoms with E-state index in [0.717, 1.165) is 16.2 Å². The lowest BCUT2D eigenvalue weighted by Crippen LogP contribution is -2.11. The second-order valence-electron chi connectivity index (χ2n) is 4.14. The average Bonchev–Trinajstić information content (AvgIpc) is 2.83. The summed E-state index contributed by atoms with van der Waals surface area (Å²) in [5, 5.41) is 4.25. The van der Waals surface area contributed by atoms with E-state index >= 15 is 0 Å². The number of nitrogens with zero attached hydrogens (tertiary/aromatic N) is 2. The maximum Gasteiger partial charge on any atom is 0.338 e. The van der Waals surface area contributed by atoms with Crippen molar-refractivity contribution in [3.8, 4) is 0 Å². The highest BCUT2D eigenvalue weighted by molar-refractivity contribution is 7.98. The predicted octanol–water partition coefficient (Wildman–Crippen LogP) is 2.75. The van der Waals surface area contributed by atoms with Gasteiger partial charge in [-0.1, -0.05) is 0 Å². The Labute approximate surface area is 116 Å². The lowest BCUT2D eigenvalue weighted by molar-refractivity contribution is 0.0599. The van der Waals surface area contributed by atoms with Gasteiger partial charge in [0, 0.05) is 16.8 Å². The molecule has 1 aromatic heterocycles. The molecule has 0 unspecified atom stereocenters. The van der Waals surface area contributed by atoms with Gasteiger partial charge in [-0.25, -0.2) is 4.79 Å². The van der Waals surface area contributed by atoms with Gasteiger partial charge >= 0.3 is 5.97 Å². The molecule has 0 atom stereocenters. The van der Waals surface area contributed by atoms with Gasteiger partial charge in [-0.2, -0.15) is 5.10 Å². The first-order valence-electron chi connectivity index (χ1n) is 5.89. The number of methoxy groups -OCH3 is 1. The monoisotopic (exact) mass is 276 g/mol. The van der Waals surface area contributed by atoms with E-state index in [-0.39, 0.29) is 5.97 Å². The van der Waals surface area contributed by atoms with E-state index in [1.54, 1.807) is 18.0 Å². The molecule has 4 nitrogen and oxygen atoms in total. The van der Waals surface area contributed by atoms with Gasteiger partial charge in [-0.15, -0.1) is 11.8 Å². The molecule has 0 aliphatic carbocycles. The molecule has 0 aliphatic rings. The number of thioether (sulfide) groups is 1. The summed E-state index contributed by atoms with van der Waals surface area (Å²) < 4.78 is 6.69. The summed E-state index contributed by atoms with van der Waals surface area (Å²) in [5.74, 6) is -0.313. The van der Waals surface area contributed by atoms with Crippen molar-refractivity contribution in [1.29, 1.82) is 0 Å². The zero-order valence-corrected chi connectivity index (χ0v) is 12.0. The summed E-state index contributed by atoms with van der Waals surface area (Å²) in [7, 11) is 1.40. The zero-order valence-electron chi connectivity index (χ0n) is 11.2. The Morgan fingerprint density at radius 2 is 2.21 bits per heavy atom. The Kier molecular flexibility index (Phi) is 4.27. The van der Waals surface area contributed by atoms with Gasteiger partial charge < -0.3 is 4.74 Å². The van der Waals surface area contributed by atoms with Crippen LogP contribution in [-0.2, 0) is 11.3 Å². The minimum atomic E-state index is -0.313. The van der Waals surface area contributed by atoms with Crippen LogP contribution in [0.15, 0.2) is 35.4 Å². The highest BCUT2D eigenvalue weighted by Gasteiger charge is 2.13. The molecular weight excluding hydrogens is 260 g/mol. The molecule has 0 fully saturated rings. The van der Waals surface area contributed by atoms with Crippen LogP contribution >= 0.6 is 11.8 Å². The third kappa shape index (κ3) is 2.98. The Hall–Kier alpha value is -1.75. The normalized spacial score (nSPS) is 10.5. The average molecular weight is 276 g/mol. The highest BCUT2D eigenvalue weighted by atomic mass is 32.2. The van der Waals surface area contributed by atoms with Crippen LogP contribution in [0, 0.1) is 6.92 Å². The Morgan fingerprint density at radius 1 is 1.42 bits per heavy atom. The summed E-state index contributed by atoms with van der Waals surface area (Å²) in [4.78, 5) is 12.9. The number of aryl methyl sites for hydroxylation is 1. The van der Waals surface area contributed by atoms with Crippen molar-refractivity contribution < 1.29 is 9.53 Å². The van der Waals surface area contributed by atoms with Crippen LogP contribution in [-0.4, -0.2) is 29.1 Å². The Balaban J connectivity index is 2.40. The third-order valence-corrected chi connectivity index (χ3v) is 3.69. The van der Waals surface area contributed by atoms with E-state index in [1.165, 1.54) is 7.11 Å². The minimum Gasteiger partial charge on any atom is -0.465 e. The lowest BCUT2D eigenvalue weighted by atomic mass is 10.1. The van der Waals surface area contributed by atoms with Crippen LogP contribution in [0.4, 0.5) is 0 Å². The summed E-state index contributed by atoms with van der Waals surface area (Å²) in [6.45, 7) is 2.56. The zero-order chi connectivity index (χ0) is 13.8. The molecule has 100 valence electrons. The standard InChI is InChI=1S/C14H16N2O2S/c1-10-6-7-15-16(10)9-11-8-12(19-3)4-5-13(11)14(17)18-2/h4-8H,9H2,1-3H3. The molecule has 1 aromatic carbocycles. The third-order valence-electron chi connectivity index (χ3n) is 2.97. The van der Waals surface area contributed by atoms with Crippen LogP contribution in [0.5, 0.6) is 0 Å². The number of aromatic nitrogens is 2. The van der Waals surface area contributed by atoms with Crippen LogP contribution in [0.2, 0.25) is 0 Å². The Bertz CT molecular complexity index is 593. The van der Waals surface area contributed by atoms with Gasteiger partial charge in [0.2, 0.25) is 0 Å². The van der Waals surface area contributed by atoms with Crippen molar-refractivity contribution >= 4 is 17.7 Å². The van der Waals surface area contributed by atoms with Crippen molar-refractivity contribution in [2.45, 2.75) is 18.4 Å². The predicted molar refractivity (Wildman–Crippen MR) is 75.6 cm³/mol. The van der Waals surface area contributed by atoms with Gasteiger partial charge in [0.05, 0.1) is 19.2 Å². The number of ether oxygens (including phenoxy) is 1. The summed E-state index contributed by atoms with van der Waals surface area (Å²) in [5.41, 5.74) is 2.58. The first kappa shape index (κ1) is 13.7. The maximum atomic E-state index is 11.8. The fourth-order valence-electron chi connectivity index (χ4n) is 1.86. The molecule has 19 heavy (non-hydrogen) atoms. The van der Waals surface area contributed by atoms with Crippen molar-refractivity contribution in [1.82, 2.24) is 9.78 Å². The largest absolute Gasteiger partial charge is 0.465 e. The van der Waals surface area contributed by atoms with Crippen LogP contribution in [0.3, 0.4) is 0 Å². The molecule has 0 radical (unpaired) electrons. The van der Waals surface area contributed by atoms with Crippen LogP contribution in [0.1, 0.15) is 21.6 Å². The fourth-order valence-corrected chi connectivity index (χ4v) is 2.33. The van der Waals surface area contributed by atoms with Crippen LogP contribution < -0.4 is 0 Å². The number of benzene rings is 1. The summed E-state index contributed by atoms with van der Waals surface area (Å²) in [6.07, 6.45) is 3.77. The molecular formula is C14H16N2O2S. The molecule has 2 rings (SSSR count). The SMILES string of the molecule is COC(=O)c1ccc(SC)cc1Cn1nccc1C. The van der Waals surface area contributed by atoms with E-state index in [4.69, 9.17) is 4.74 Å². The molecule has 0 bridgehead atoms. The van der Waals surface area contributed by atoms with Crippen molar-refractivity contribution in [3.63, 3.8) is 0 Å². The first-order valence-corrected chi connectivity index (χ1v) is 7.12. The number of carbonyl (C=O) groups excluding carboxylic acids is 1. The maximum absolute atomic E-state index is 11.8. The van der Waals surface area contributed by atoms with Gasteiger partial charge in [0.1, 0.15) is 0 Å². The molecule has 2 aromatic rings. The molecule has 0 aliphatic heterocycles. The van der Waals surface area contributed by atoms with Gasteiger partial charge in [-0.05, 0) is 43.0 Å². The van der Waals surface area contributed by atoms with E-state index in [9.17, 15) is 4.79 Å². The lowest BCUT2D eigenvalue weighted by Gasteiger charge is -2.11. The minimum absolute atomic E-state index is 0.313. The molecule has 5 heteroatoms. The highest BCUT2D eigenvalue weighted by Crippen LogP contribution is 2.21. The number of hydrogen-bond acceptors (Lipinski definition) is 4. The number of hydrogen-bond donors (Lipinski definition) is 0. The molecule has 0 saturated carbocycles. The van der Waals surface area contributed by atoms with Gasteiger partial charge in [-0.3, -0.25) is 4.68 Å². The smallest absolute Gasteiger partial charge is 0.338 e. The van der Waals surface area contributed by atoms with Gasteiger partial charge in [0.25, 0.3) is 0 Å². The Morgan fingerprint density at radius 3 is 2.79 bits per heavy atom. The van der Waals surface area contributed by atoms with E-state index in [0.29, 0.717) is 12.1 Å². The molecule has 0 saturated heterocycles. The molecule has 1 heterocycles. The summed E-state index contributed by atoms with van der Waals surface area (Å²) in [6, 6.07) is 7.69. The van der Waals surface area contributed by atoms with E-state index in [1.807, 2.05) is 42.1 Å². The number of carbonyl (C=O) groups is 1. The van der Waals surface area contributed by atoms with Gasteiger partial charge in [0.15, 0.2) is 0 Å². The quantitative estimate of drug-likeness (QED) is 0.636. The second-order valence-corrected chi connectivity index (χ2v) is 5.02. The fraction of sp³-hybridized carbons (Fsp3) is 0.286. The number of rotatable bonds is 4. The second kappa shape index (κ2) is 5.93.